The fourth-order valence-electron chi connectivity index (χ4n) is 3.08. The maximum atomic E-state index is 13.1. The van der Waals surface area contributed by atoms with Crippen LogP contribution in [0.1, 0.15) is 22.3 Å². The van der Waals surface area contributed by atoms with Crippen molar-refractivity contribution in [1.82, 2.24) is 10.3 Å². The lowest BCUT2D eigenvalue weighted by Gasteiger charge is -2.22. The first-order valence-electron chi connectivity index (χ1n) is 9.17. The third-order valence-corrected chi connectivity index (χ3v) is 5.66. The summed E-state index contributed by atoms with van der Waals surface area (Å²) in [5, 5.41) is 3.55. The van der Waals surface area contributed by atoms with Gasteiger partial charge in [0.1, 0.15) is 10.8 Å². The van der Waals surface area contributed by atoms with Crippen LogP contribution in [0, 0.1) is 5.82 Å². The maximum absolute atomic E-state index is 13.1. The second-order valence-corrected chi connectivity index (χ2v) is 7.57. The first-order chi connectivity index (χ1) is 14.1. The van der Waals surface area contributed by atoms with E-state index in [1.165, 1.54) is 23.9 Å². The number of aromatic nitrogens is 1. The molecule has 0 saturated heterocycles. The highest BCUT2D eigenvalue weighted by Crippen LogP contribution is 2.39. The maximum Gasteiger partial charge on any atom is 0.259 e. The minimum atomic E-state index is -0.315. The van der Waals surface area contributed by atoms with E-state index in [0.717, 1.165) is 15.5 Å². The molecular weight excluding hydrogens is 389 g/mol. The van der Waals surface area contributed by atoms with E-state index >= 15 is 0 Å². The van der Waals surface area contributed by atoms with E-state index in [2.05, 4.69) is 10.3 Å². The summed E-state index contributed by atoms with van der Waals surface area (Å²) in [6.07, 6.45) is 1.84. The number of nitrogens with one attached hydrogen (secondary N) is 1. The van der Waals surface area contributed by atoms with Crippen molar-refractivity contribution >= 4 is 29.3 Å². The normalized spacial score (nSPS) is 12.7. The summed E-state index contributed by atoms with van der Waals surface area (Å²) >= 11 is 1.45. The van der Waals surface area contributed by atoms with Gasteiger partial charge in [-0.3, -0.25) is 9.59 Å². The number of carbonyl (C=O) groups excluding carboxylic acids is 2. The number of nitrogens with zero attached hydrogens (tertiary/aromatic N) is 2. The molecule has 0 saturated carbocycles. The molecule has 0 spiro atoms. The molecular formula is C22H18FN3O2S. The van der Waals surface area contributed by atoms with E-state index in [4.69, 9.17) is 0 Å². The lowest BCUT2D eigenvalue weighted by Crippen LogP contribution is -2.35. The van der Waals surface area contributed by atoms with Crippen molar-refractivity contribution in [1.29, 1.82) is 0 Å². The van der Waals surface area contributed by atoms with Crippen molar-refractivity contribution in [3.05, 3.63) is 83.8 Å². The molecule has 5 nitrogen and oxygen atoms in total. The minimum absolute atomic E-state index is 0.147. The van der Waals surface area contributed by atoms with Gasteiger partial charge in [-0.1, -0.05) is 36.0 Å². The molecule has 0 fully saturated rings. The summed E-state index contributed by atoms with van der Waals surface area (Å²) < 4.78 is 13.0. The zero-order valence-corrected chi connectivity index (χ0v) is 16.3. The predicted octanol–water partition coefficient (Wildman–Crippen LogP) is 4.04. The monoisotopic (exact) mass is 407 g/mol. The van der Waals surface area contributed by atoms with E-state index in [1.807, 2.05) is 24.3 Å². The minimum Gasteiger partial charge on any atom is -0.352 e. The molecule has 0 unspecified atom stereocenters. The lowest BCUT2D eigenvalue weighted by atomic mass is 10.1. The van der Waals surface area contributed by atoms with Crippen molar-refractivity contribution in [2.75, 3.05) is 11.4 Å². The highest BCUT2D eigenvalue weighted by Gasteiger charge is 2.27. The second kappa shape index (κ2) is 8.45. The van der Waals surface area contributed by atoms with Crippen molar-refractivity contribution < 1.29 is 14.0 Å². The molecule has 0 radical (unpaired) electrons. The molecule has 1 N–H and O–H groups in total. The van der Waals surface area contributed by atoms with Crippen LogP contribution in [0.4, 0.5) is 10.1 Å². The van der Waals surface area contributed by atoms with E-state index in [0.29, 0.717) is 17.8 Å². The molecule has 29 heavy (non-hydrogen) atoms. The van der Waals surface area contributed by atoms with Crippen LogP contribution in [-0.2, 0) is 11.3 Å². The zero-order valence-electron chi connectivity index (χ0n) is 15.5. The molecule has 7 heteroatoms. The Labute approximate surface area is 172 Å². The quantitative estimate of drug-likeness (QED) is 0.693. The molecule has 1 aromatic heterocycles. The lowest BCUT2D eigenvalue weighted by molar-refractivity contribution is -0.121. The Morgan fingerprint density at radius 2 is 1.86 bits per heavy atom. The van der Waals surface area contributed by atoms with Crippen LogP contribution in [-0.4, -0.2) is 23.3 Å². The largest absolute Gasteiger partial charge is 0.352 e. The first-order valence-corrected chi connectivity index (χ1v) is 9.98. The van der Waals surface area contributed by atoms with Crippen LogP contribution in [0.2, 0.25) is 0 Å². The number of rotatable bonds is 5. The van der Waals surface area contributed by atoms with Gasteiger partial charge in [-0.2, -0.15) is 0 Å². The average Bonchev–Trinajstić information content (AvgIpc) is 2.86. The van der Waals surface area contributed by atoms with Gasteiger partial charge in [0.25, 0.3) is 5.91 Å². The molecule has 3 aromatic rings. The number of pyridine rings is 1. The van der Waals surface area contributed by atoms with Crippen LogP contribution in [0.15, 0.2) is 76.8 Å². The fourth-order valence-corrected chi connectivity index (χ4v) is 4.10. The van der Waals surface area contributed by atoms with Crippen LogP contribution >= 0.6 is 11.8 Å². The number of carbonyl (C=O) groups is 2. The number of fused-ring (bicyclic) bond motifs is 2. The van der Waals surface area contributed by atoms with E-state index in [1.54, 1.807) is 35.4 Å². The fraction of sp³-hybridized carbons (Fsp3) is 0.136. The van der Waals surface area contributed by atoms with E-state index in [-0.39, 0.29) is 30.6 Å². The third-order valence-electron chi connectivity index (χ3n) is 4.58. The van der Waals surface area contributed by atoms with Gasteiger partial charge in [0.2, 0.25) is 5.91 Å². The number of anilines is 1. The first kappa shape index (κ1) is 19.1. The summed E-state index contributed by atoms with van der Waals surface area (Å²) in [6.45, 7) is 0.547. The second-order valence-electron chi connectivity index (χ2n) is 6.54. The predicted molar refractivity (Wildman–Crippen MR) is 109 cm³/mol. The molecule has 0 aliphatic carbocycles. The Bertz CT molecular complexity index is 1060. The molecule has 2 heterocycles. The Balaban J connectivity index is 1.47. The number of hydrogen-bond donors (Lipinski definition) is 1. The Kier molecular flexibility index (Phi) is 5.57. The van der Waals surface area contributed by atoms with Crippen molar-refractivity contribution in [3.8, 4) is 0 Å². The molecule has 1 aliphatic heterocycles. The smallest absolute Gasteiger partial charge is 0.259 e. The van der Waals surface area contributed by atoms with Crippen molar-refractivity contribution in [3.63, 3.8) is 0 Å². The van der Waals surface area contributed by atoms with Crippen molar-refractivity contribution in [2.24, 2.45) is 0 Å². The van der Waals surface area contributed by atoms with Gasteiger partial charge in [-0.15, -0.1) is 0 Å². The van der Waals surface area contributed by atoms with E-state index < -0.39 is 0 Å². The van der Waals surface area contributed by atoms with Gasteiger partial charge in [-0.05, 0) is 42.0 Å². The molecule has 146 valence electrons. The summed E-state index contributed by atoms with van der Waals surface area (Å²) in [5.41, 5.74) is 2.11. The van der Waals surface area contributed by atoms with Crippen LogP contribution < -0.4 is 10.2 Å². The van der Waals surface area contributed by atoms with Crippen LogP contribution in [0.3, 0.4) is 0 Å². The van der Waals surface area contributed by atoms with Gasteiger partial charge in [0, 0.05) is 30.6 Å². The topological polar surface area (TPSA) is 62.3 Å². The molecule has 1 aliphatic rings. The average molecular weight is 407 g/mol. The summed E-state index contributed by atoms with van der Waals surface area (Å²) in [4.78, 5) is 32.3. The SMILES string of the molecule is O=C(CCN1C(=O)c2ccccc2Sc2ncccc21)NCc1ccc(F)cc1. The highest BCUT2D eigenvalue weighted by molar-refractivity contribution is 7.99. The number of hydrogen-bond acceptors (Lipinski definition) is 4. The third kappa shape index (κ3) is 4.30. The summed E-state index contributed by atoms with van der Waals surface area (Å²) in [7, 11) is 0. The van der Waals surface area contributed by atoms with Gasteiger partial charge >= 0.3 is 0 Å². The summed E-state index contributed by atoms with van der Waals surface area (Å²) in [5.74, 6) is -0.644. The Morgan fingerprint density at radius 3 is 2.69 bits per heavy atom. The molecule has 2 aromatic carbocycles. The molecule has 0 bridgehead atoms. The molecule has 4 rings (SSSR count). The van der Waals surface area contributed by atoms with E-state index in [9.17, 15) is 14.0 Å². The number of benzene rings is 2. The van der Waals surface area contributed by atoms with Gasteiger partial charge < -0.3 is 10.2 Å². The highest BCUT2D eigenvalue weighted by atomic mass is 32.2. The molecule has 2 amide bonds. The Hall–Kier alpha value is -3.19. The van der Waals surface area contributed by atoms with Crippen LogP contribution in [0.5, 0.6) is 0 Å². The van der Waals surface area contributed by atoms with Gasteiger partial charge in [0.15, 0.2) is 0 Å². The molecule has 0 atom stereocenters. The summed E-state index contributed by atoms with van der Waals surface area (Å²) in [6, 6.07) is 17.0. The van der Waals surface area contributed by atoms with Crippen molar-refractivity contribution in [2.45, 2.75) is 22.9 Å². The standard InChI is InChI=1S/C22H18FN3O2S/c23-16-9-7-15(8-10-16)14-25-20(27)11-13-26-18-5-3-12-24-21(18)29-19-6-2-1-4-17(19)22(26)28/h1-10,12H,11,13-14H2,(H,25,27). The zero-order chi connectivity index (χ0) is 20.2. The van der Waals surface area contributed by atoms with Gasteiger partial charge in [-0.25, -0.2) is 9.37 Å². The van der Waals surface area contributed by atoms with Crippen LogP contribution in [0.25, 0.3) is 0 Å². The number of amides is 2. The number of halogens is 1. The Morgan fingerprint density at radius 1 is 1.07 bits per heavy atom. The van der Waals surface area contributed by atoms with Gasteiger partial charge in [0.05, 0.1) is 11.3 Å².